The Morgan fingerprint density at radius 3 is 1.68 bits per heavy atom. The molecule has 0 aliphatic rings. The van der Waals surface area contributed by atoms with Crippen LogP contribution in [0, 0.1) is 38.2 Å². The maximum atomic E-state index is 14.6. The molecule has 8 rings (SSSR count). The van der Waals surface area contributed by atoms with Gasteiger partial charge >= 0.3 is 19.1 Å². The zero-order valence-electron chi connectivity index (χ0n) is 37.4. The van der Waals surface area contributed by atoms with Crippen LogP contribution in [0.4, 0.5) is 19.0 Å². The van der Waals surface area contributed by atoms with E-state index in [0.717, 1.165) is 22.3 Å². The van der Waals surface area contributed by atoms with E-state index in [1.165, 1.54) is 36.5 Å². The van der Waals surface area contributed by atoms with Gasteiger partial charge in [0.05, 0.1) is 22.7 Å². The third-order valence-electron chi connectivity index (χ3n) is 9.75. The van der Waals surface area contributed by atoms with Crippen LogP contribution in [0.15, 0.2) is 133 Å². The molecule has 3 aromatic carbocycles. The van der Waals surface area contributed by atoms with Gasteiger partial charge in [-0.1, -0.05) is 28.1 Å². The Morgan fingerprint density at radius 2 is 1.19 bits per heavy atom. The molecular formula is C48H42BBrF3N9O7. The Labute approximate surface area is 401 Å². The Kier molecular flexibility index (Phi) is 18.2. The number of aryl methyl sites for hydroxylation is 3. The number of benzene rings is 3. The Morgan fingerprint density at radius 1 is 0.667 bits per heavy atom. The highest BCUT2D eigenvalue weighted by Crippen LogP contribution is 2.28. The zero-order chi connectivity index (χ0) is 50.4. The fourth-order valence-corrected chi connectivity index (χ4v) is 6.57. The summed E-state index contributed by atoms with van der Waals surface area (Å²) in [6.07, 6.45) is 9.50. The van der Waals surface area contributed by atoms with Crippen molar-refractivity contribution in [2.24, 2.45) is 0 Å². The molecule has 0 atom stereocenters. The van der Waals surface area contributed by atoms with Gasteiger partial charge in [-0.3, -0.25) is 19.7 Å². The van der Waals surface area contributed by atoms with E-state index in [1.54, 1.807) is 105 Å². The molecule has 5 heterocycles. The molecule has 1 amide bonds. The van der Waals surface area contributed by atoms with Gasteiger partial charge in [0.1, 0.15) is 29.0 Å². The number of nitrogens with one attached hydrogen (secondary N) is 1. The van der Waals surface area contributed by atoms with Gasteiger partial charge in [-0.05, 0) is 163 Å². The maximum absolute atomic E-state index is 14.6. The molecule has 0 unspecified atom stereocenters. The molecular weight excluding hydrogens is 962 g/mol. The van der Waals surface area contributed by atoms with Crippen molar-refractivity contribution in [2.45, 2.75) is 40.7 Å². The highest BCUT2D eigenvalue weighted by atomic mass is 79.9. The lowest BCUT2D eigenvalue weighted by atomic mass is 9.82. The summed E-state index contributed by atoms with van der Waals surface area (Å²) < 4.78 is 43.1. The molecule has 0 saturated heterocycles. The average molecular weight is 1000 g/mol. The second-order valence-electron chi connectivity index (χ2n) is 15.0. The predicted molar refractivity (Wildman–Crippen MR) is 255 cm³/mol. The molecule has 5 aromatic heterocycles. The van der Waals surface area contributed by atoms with Crippen LogP contribution in [0.5, 0.6) is 0 Å². The highest BCUT2D eigenvalue weighted by molar-refractivity contribution is 9.10. The van der Waals surface area contributed by atoms with E-state index in [1.807, 2.05) is 26.0 Å². The van der Waals surface area contributed by atoms with Crippen molar-refractivity contribution in [1.82, 2.24) is 40.1 Å². The topological polar surface area (TPSA) is 239 Å². The van der Waals surface area contributed by atoms with Crippen molar-refractivity contribution in [3.63, 3.8) is 0 Å². The molecule has 0 bridgehead atoms. The third-order valence-corrected chi connectivity index (χ3v) is 10.6. The minimum Gasteiger partial charge on any atom is -0.478 e. The van der Waals surface area contributed by atoms with Crippen molar-refractivity contribution < 1.29 is 47.8 Å². The summed E-state index contributed by atoms with van der Waals surface area (Å²) in [5.74, 6) is -4.39. The molecule has 352 valence electrons. The summed E-state index contributed by atoms with van der Waals surface area (Å²) in [7, 11) is -1.40. The molecule has 21 heteroatoms. The fraction of sp³-hybridized carbons (Fsp3) is 0.125. The molecule has 0 radical (unpaired) electrons. The van der Waals surface area contributed by atoms with Crippen LogP contribution >= 0.6 is 15.9 Å². The number of hydrogen-bond donors (Lipinski definition) is 5. The van der Waals surface area contributed by atoms with E-state index in [2.05, 4.69) is 56.7 Å². The average Bonchev–Trinajstić information content (AvgIpc) is 3.83. The predicted octanol–water partition coefficient (Wildman–Crippen LogP) is 8.33. The van der Waals surface area contributed by atoms with Crippen LogP contribution in [-0.2, 0) is 0 Å². The first-order valence-electron chi connectivity index (χ1n) is 20.5. The Balaban J connectivity index is 0.000000195. The molecule has 0 aliphatic carbocycles. The quantitative estimate of drug-likeness (QED) is 0.0855. The van der Waals surface area contributed by atoms with Gasteiger partial charge in [0.2, 0.25) is 5.82 Å². The van der Waals surface area contributed by atoms with Crippen molar-refractivity contribution in [3.05, 3.63) is 183 Å². The molecule has 16 nitrogen and oxygen atoms in total. The van der Waals surface area contributed by atoms with Crippen molar-refractivity contribution >= 4 is 52.2 Å². The van der Waals surface area contributed by atoms with Gasteiger partial charge in [0.15, 0.2) is 0 Å². The summed E-state index contributed by atoms with van der Waals surface area (Å²) in [4.78, 5) is 50.1. The number of halogens is 4. The zero-order valence-corrected chi connectivity index (χ0v) is 39.0. The standard InChI is InChI=1S/C22H20FN7O.C13H10FNO2.C8H6BrFO2.C5H6BNO2/c1-13(2)30-21(27-28-29-30)19-5-4-6-20(25-19)26-22(31)17-12-16(14(3)11-18(17)23)15-7-9-24-10-8-15;1-8-6-12(14)11(13(16)17)7-10(8)9-2-4-15-5-3-9;1-4-2-7(10)5(8(11)12)3-6(4)9;8-6(9)5-2-1-3-7-4-5/h4-13H,1-3H3,(H,25,26,31);2-7H,1H3,(H,16,17);2-3H,1H3,(H,11,12);1-4,8-9H. The number of aromatic nitrogens is 8. The minimum absolute atomic E-state index is 0.0401. The summed E-state index contributed by atoms with van der Waals surface area (Å²) in [6, 6.07) is 23.4. The first kappa shape index (κ1) is 52.0. The molecule has 5 N–H and O–H groups in total. The fourth-order valence-electron chi connectivity index (χ4n) is 6.23. The number of carbonyl (C=O) groups is 3. The molecule has 0 aliphatic heterocycles. The van der Waals surface area contributed by atoms with Gasteiger partial charge in [-0.25, -0.2) is 32.4 Å². The lowest BCUT2D eigenvalue weighted by Crippen LogP contribution is -2.29. The summed E-state index contributed by atoms with van der Waals surface area (Å²) in [6.45, 7) is 9.13. The van der Waals surface area contributed by atoms with Gasteiger partial charge in [-0.2, -0.15) is 0 Å². The number of nitrogens with zero attached hydrogens (tertiary/aromatic N) is 8. The number of carboxylic acids is 2. The van der Waals surface area contributed by atoms with Crippen molar-refractivity contribution in [2.75, 3.05) is 5.32 Å². The largest absolute Gasteiger partial charge is 0.490 e. The number of tetrazole rings is 1. The summed E-state index contributed by atoms with van der Waals surface area (Å²) in [5.41, 5.74) is 5.43. The number of pyridine rings is 4. The molecule has 0 fully saturated rings. The SMILES string of the molecule is Cc1cc(F)c(C(=O)Nc2cccc(-c3nnnn3C(C)C)n2)cc1-c1ccncc1.Cc1cc(F)c(C(=O)O)cc1-c1ccncc1.Cc1cc(F)c(C(=O)O)cc1Br.OB(O)c1cccnc1. The monoisotopic (exact) mass is 1000 g/mol. The molecule has 0 saturated carbocycles. The van der Waals surface area contributed by atoms with E-state index in [4.69, 9.17) is 20.3 Å². The van der Waals surface area contributed by atoms with E-state index >= 15 is 0 Å². The van der Waals surface area contributed by atoms with Crippen LogP contribution in [-0.4, -0.2) is 85.4 Å². The number of carboxylic acid groups (broad SMARTS) is 2. The van der Waals surface area contributed by atoms with E-state index in [0.29, 0.717) is 38.1 Å². The van der Waals surface area contributed by atoms with Crippen LogP contribution in [0.1, 0.15) is 67.7 Å². The van der Waals surface area contributed by atoms with Gasteiger partial charge in [-0.15, -0.1) is 5.10 Å². The number of carbonyl (C=O) groups excluding carboxylic acids is 1. The van der Waals surface area contributed by atoms with Crippen LogP contribution in [0.25, 0.3) is 33.8 Å². The van der Waals surface area contributed by atoms with Crippen LogP contribution in [0.2, 0.25) is 0 Å². The number of rotatable bonds is 9. The van der Waals surface area contributed by atoms with E-state index in [9.17, 15) is 27.6 Å². The normalized spacial score (nSPS) is 10.4. The number of anilines is 1. The van der Waals surface area contributed by atoms with Gasteiger partial charge in [0, 0.05) is 47.1 Å². The number of hydrogen-bond acceptors (Lipinski definition) is 12. The maximum Gasteiger partial charge on any atom is 0.490 e. The van der Waals surface area contributed by atoms with E-state index in [-0.39, 0.29) is 28.6 Å². The first-order chi connectivity index (χ1) is 32.9. The Hall–Kier alpha value is -8.01. The number of amides is 1. The second kappa shape index (κ2) is 24.1. The Bertz CT molecular complexity index is 3070. The van der Waals surface area contributed by atoms with E-state index < -0.39 is 42.4 Å². The smallest absolute Gasteiger partial charge is 0.478 e. The first-order valence-corrected chi connectivity index (χ1v) is 21.3. The minimum atomic E-state index is -1.40. The van der Waals surface area contributed by atoms with Crippen LogP contribution in [0.3, 0.4) is 0 Å². The van der Waals surface area contributed by atoms with Crippen molar-refractivity contribution in [3.8, 4) is 33.8 Å². The lowest BCUT2D eigenvalue weighted by molar-refractivity contribution is 0.0680. The van der Waals surface area contributed by atoms with Crippen LogP contribution < -0.4 is 10.8 Å². The molecule has 0 spiro atoms. The lowest BCUT2D eigenvalue weighted by Gasteiger charge is -2.12. The number of aromatic carboxylic acids is 2. The molecule has 8 aromatic rings. The second-order valence-corrected chi connectivity index (χ2v) is 15.9. The highest BCUT2D eigenvalue weighted by Gasteiger charge is 2.19. The van der Waals surface area contributed by atoms with Crippen molar-refractivity contribution in [1.29, 1.82) is 0 Å². The summed E-state index contributed by atoms with van der Waals surface area (Å²) in [5, 5.41) is 48.8. The van der Waals surface area contributed by atoms with Gasteiger partial charge < -0.3 is 25.6 Å². The third kappa shape index (κ3) is 14.0. The molecule has 69 heavy (non-hydrogen) atoms. The summed E-state index contributed by atoms with van der Waals surface area (Å²) >= 11 is 3.12. The van der Waals surface area contributed by atoms with Gasteiger partial charge in [0.25, 0.3) is 5.91 Å².